The third kappa shape index (κ3) is 4.02. The third-order valence-electron chi connectivity index (χ3n) is 5.09. The summed E-state index contributed by atoms with van der Waals surface area (Å²) < 4.78 is 55.5. The van der Waals surface area contributed by atoms with Crippen LogP contribution in [0.25, 0.3) is 0 Å². The van der Waals surface area contributed by atoms with Crippen LogP contribution in [0.2, 0.25) is 0 Å². The monoisotopic (exact) mass is 428 g/mol. The highest BCUT2D eigenvalue weighted by Crippen LogP contribution is 2.40. The zero-order valence-electron chi connectivity index (χ0n) is 16.0. The van der Waals surface area contributed by atoms with E-state index in [0.29, 0.717) is 0 Å². The number of rotatable bonds is 6. The minimum Gasteiger partial charge on any atom is -0.374 e. The highest BCUT2D eigenvalue weighted by molar-refractivity contribution is 6.00. The molecule has 3 rings (SSSR count). The molecule has 0 bridgehead atoms. The van der Waals surface area contributed by atoms with Crippen LogP contribution in [0.15, 0.2) is 36.7 Å². The summed E-state index contributed by atoms with van der Waals surface area (Å²) >= 11 is 0. The molecule has 7 nitrogen and oxygen atoms in total. The summed E-state index contributed by atoms with van der Waals surface area (Å²) in [7, 11) is 1.32. The van der Waals surface area contributed by atoms with Gasteiger partial charge in [-0.15, -0.1) is 0 Å². The van der Waals surface area contributed by atoms with Gasteiger partial charge in [0, 0.05) is 45.4 Å². The fraction of sp³-hybridized carbons (Fsp3) is 0.421. The molecule has 0 spiro atoms. The van der Waals surface area contributed by atoms with Crippen molar-refractivity contribution in [2.24, 2.45) is 13.0 Å². The Bertz CT molecular complexity index is 946. The maximum Gasteiger partial charge on any atom is 0.424 e. The van der Waals surface area contributed by atoms with Crippen molar-refractivity contribution in [1.82, 2.24) is 14.9 Å². The summed E-state index contributed by atoms with van der Waals surface area (Å²) in [5.74, 6) is -3.15. The fourth-order valence-electron chi connectivity index (χ4n) is 3.44. The Balaban J connectivity index is 1.64. The smallest absolute Gasteiger partial charge is 0.374 e. The Morgan fingerprint density at radius 1 is 1.33 bits per heavy atom. The van der Waals surface area contributed by atoms with Crippen molar-refractivity contribution in [2.45, 2.75) is 24.6 Å². The lowest BCUT2D eigenvalue weighted by atomic mass is 9.97. The molecule has 30 heavy (non-hydrogen) atoms. The lowest BCUT2D eigenvalue weighted by Gasteiger charge is -2.30. The lowest BCUT2D eigenvalue weighted by molar-refractivity contribution is -0.272. The van der Waals surface area contributed by atoms with Gasteiger partial charge in [-0.1, -0.05) is 12.1 Å². The van der Waals surface area contributed by atoms with Crippen molar-refractivity contribution in [3.8, 4) is 0 Å². The van der Waals surface area contributed by atoms with E-state index in [-0.39, 0.29) is 18.7 Å². The van der Waals surface area contributed by atoms with E-state index < -0.39 is 54.1 Å². The van der Waals surface area contributed by atoms with Gasteiger partial charge in [-0.05, 0) is 12.1 Å². The quantitative estimate of drug-likeness (QED) is 0.688. The molecule has 1 aromatic carbocycles. The molecular formula is C19H20F4N4O3. The molecule has 11 heteroatoms. The van der Waals surface area contributed by atoms with Gasteiger partial charge < -0.3 is 19.9 Å². The van der Waals surface area contributed by atoms with Crippen LogP contribution in [0.5, 0.6) is 0 Å². The number of hydrogen-bond acceptors (Lipinski definition) is 4. The highest BCUT2D eigenvalue weighted by atomic mass is 19.4. The van der Waals surface area contributed by atoms with Crippen LogP contribution in [0.3, 0.4) is 0 Å². The maximum absolute atomic E-state index is 13.9. The van der Waals surface area contributed by atoms with Crippen molar-refractivity contribution in [3.05, 3.63) is 48.3 Å². The van der Waals surface area contributed by atoms with E-state index in [2.05, 4.69) is 10.3 Å². The molecule has 2 N–H and O–H groups in total. The van der Waals surface area contributed by atoms with Gasteiger partial charge >= 0.3 is 6.18 Å². The predicted molar refractivity (Wildman–Crippen MR) is 97.6 cm³/mol. The molecule has 1 aliphatic heterocycles. The van der Waals surface area contributed by atoms with Gasteiger partial charge in [-0.25, -0.2) is 9.37 Å². The molecule has 2 amide bonds. The molecule has 0 saturated carbocycles. The van der Waals surface area contributed by atoms with E-state index in [0.717, 1.165) is 15.7 Å². The van der Waals surface area contributed by atoms with Gasteiger partial charge in [0.1, 0.15) is 11.6 Å². The van der Waals surface area contributed by atoms with Gasteiger partial charge in [0.15, 0.2) is 0 Å². The molecule has 162 valence electrons. The summed E-state index contributed by atoms with van der Waals surface area (Å²) in [5.41, 5.74) is -3.21. The number of aliphatic hydroxyl groups is 1. The average Bonchev–Trinajstić information content (AvgIpc) is 3.27. The minimum absolute atomic E-state index is 0.0408. The standard InChI is InChI=1S/C19H20F4N4O3/c1-26-9-8-25-17(26)18(30,19(21,22)23)6-7-24-16(29)12-10-15(28)27(11-12)14-5-3-2-4-13(14)20/h2-5,8-9,12,30H,6-7,10-11H2,1H3,(H,24,29). The summed E-state index contributed by atoms with van der Waals surface area (Å²) in [4.78, 5) is 29.3. The summed E-state index contributed by atoms with van der Waals surface area (Å²) in [6.45, 7) is -0.583. The number of amides is 2. The SMILES string of the molecule is Cn1ccnc1C(O)(CCNC(=O)C1CC(=O)N(c2ccccc2F)C1)C(F)(F)F. The number of carbonyl (C=O) groups excluding carboxylic acids is 2. The Morgan fingerprint density at radius 3 is 2.63 bits per heavy atom. The van der Waals surface area contributed by atoms with Crippen molar-refractivity contribution >= 4 is 17.5 Å². The zero-order chi connectivity index (χ0) is 22.1. The molecule has 0 aliphatic carbocycles. The van der Waals surface area contributed by atoms with Crippen LogP contribution < -0.4 is 10.2 Å². The summed E-state index contributed by atoms with van der Waals surface area (Å²) in [6.07, 6.45) is -3.66. The molecule has 2 heterocycles. The molecule has 1 aromatic heterocycles. The molecule has 1 aliphatic rings. The molecular weight excluding hydrogens is 408 g/mol. The fourth-order valence-corrected chi connectivity index (χ4v) is 3.44. The Labute approximate surface area is 169 Å². The minimum atomic E-state index is -5.01. The first kappa shape index (κ1) is 21.8. The van der Waals surface area contributed by atoms with Crippen LogP contribution in [0.4, 0.5) is 23.2 Å². The second-order valence-electron chi connectivity index (χ2n) is 7.12. The number of carbonyl (C=O) groups is 2. The number of aryl methyl sites for hydroxylation is 1. The van der Waals surface area contributed by atoms with Gasteiger partial charge in [0.2, 0.25) is 17.4 Å². The van der Waals surface area contributed by atoms with Gasteiger partial charge in [0.05, 0.1) is 11.6 Å². The maximum atomic E-state index is 13.9. The number of halogens is 4. The Morgan fingerprint density at radius 2 is 2.03 bits per heavy atom. The number of benzene rings is 1. The first-order valence-corrected chi connectivity index (χ1v) is 9.14. The van der Waals surface area contributed by atoms with Gasteiger partial charge in [-0.3, -0.25) is 9.59 Å². The average molecular weight is 428 g/mol. The number of hydrogen-bond donors (Lipinski definition) is 2. The Kier molecular flexibility index (Phi) is 5.84. The van der Waals surface area contributed by atoms with E-state index in [9.17, 15) is 32.3 Å². The zero-order valence-corrected chi connectivity index (χ0v) is 16.0. The number of alkyl halides is 3. The molecule has 1 saturated heterocycles. The topological polar surface area (TPSA) is 87.5 Å². The van der Waals surface area contributed by atoms with E-state index in [1.54, 1.807) is 6.07 Å². The molecule has 1 fully saturated rings. The number of nitrogens with one attached hydrogen (secondary N) is 1. The second-order valence-corrected chi connectivity index (χ2v) is 7.12. The van der Waals surface area contributed by atoms with E-state index in [1.807, 2.05) is 0 Å². The van der Waals surface area contributed by atoms with Crippen LogP contribution in [0.1, 0.15) is 18.7 Å². The normalized spacial score (nSPS) is 19.1. The van der Waals surface area contributed by atoms with Gasteiger partial charge in [-0.2, -0.15) is 13.2 Å². The molecule has 2 aromatic rings. The number of anilines is 1. The predicted octanol–water partition coefficient (Wildman–Crippen LogP) is 1.87. The number of para-hydroxylation sites is 1. The first-order valence-electron chi connectivity index (χ1n) is 9.14. The van der Waals surface area contributed by atoms with Crippen LogP contribution in [-0.2, 0) is 22.2 Å². The molecule has 2 unspecified atom stereocenters. The van der Waals surface area contributed by atoms with E-state index in [4.69, 9.17) is 0 Å². The third-order valence-corrected chi connectivity index (χ3v) is 5.09. The van der Waals surface area contributed by atoms with Crippen LogP contribution >= 0.6 is 0 Å². The number of aromatic nitrogens is 2. The van der Waals surface area contributed by atoms with E-state index in [1.165, 1.54) is 31.4 Å². The van der Waals surface area contributed by atoms with Crippen molar-refractivity contribution in [3.63, 3.8) is 0 Å². The number of imidazole rings is 1. The first-order chi connectivity index (χ1) is 14.0. The molecule has 2 atom stereocenters. The summed E-state index contributed by atoms with van der Waals surface area (Å²) in [5, 5.41) is 12.6. The van der Waals surface area contributed by atoms with Crippen molar-refractivity contribution < 1.29 is 32.3 Å². The Hall–Kier alpha value is -2.95. The van der Waals surface area contributed by atoms with E-state index >= 15 is 0 Å². The van der Waals surface area contributed by atoms with Crippen molar-refractivity contribution in [1.29, 1.82) is 0 Å². The molecule has 0 radical (unpaired) electrons. The van der Waals surface area contributed by atoms with Gasteiger partial charge in [0.25, 0.3) is 0 Å². The highest BCUT2D eigenvalue weighted by Gasteiger charge is 2.57. The number of nitrogens with zero attached hydrogens (tertiary/aromatic N) is 3. The largest absolute Gasteiger partial charge is 0.424 e. The second kappa shape index (κ2) is 8.05. The van der Waals surface area contributed by atoms with Crippen molar-refractivity contribution in [2.75, 3.05) is 18.0 Å². The lowest BCUT2D eigenvalue weighted by Crippen LogP contribution is -2.47. The summed E-state index contributed by atoms with van der Waals surface area (Å²) in [6, 6.07) is 5.61. The van der Waals surface area contributed by atoms with Crippen LogP contribution in [0, 0.1) is 11.7 Å². The van der Waals surface area contributed by atoms with Crippen LogP contribution in [-0.4, -0.2) is 45.7 Å².